The predicted molar refractivity (Wildman–Crippen MR) is 215 cm³/mol. The molecule has 290 valence electrons. The Bertz CT molecular complexity index is 1050. The summed E-state index contributed by atoms with van der Waals surface area (Å²) in [6, 6.07) is 2.05. The van der Waals surface area contributed by atoms with E-state index in [1.165, 1.54) is 103 Å². The van der Waals surface area contributed by atoms with Gasteiger partial charge in [-0.15, -0.1) is 0 Å². The van der Waals surface area contributed by atoms with Crippen molar-refractivity contribution >= 4 is 5.95 Å². The maximum atomic E-state index is 4.51. The standard InChI is InChI=1S/C42H82N8/c1-14-17-20-21-22-23-34(49(24-18-15-2)36-27-39(4,5)47(12)40(6,7)28-36)26-35(31-44-38-45-32-43-33-46-38)50(25-19-16-3)37-29-41(8,9)48(13)42(10,11)30-37/h32-37H,14-31H2,1-13H3,(H,43,44,45,46). The number of nitrogens with one attached hydrogen (secondary N) is 1. The van der Waals surface area contributed by atoms with Crippen LogP contribution in [0.25, 0.3) is 0 Å². The summed E-state index contributed by atoms with van der Waals surface area (Å²) in [6.45, 7) is 30.1. The lowest BCUT2D eigenvalue weighted by Gasteiger charge is -2.58. The van der Waals surface area contributed by atoms with E-state index in [4.69, 9.17) is 0 Å². The molecule has 2 aliphatic rings. The van der Waals surface area contributed by atoms with Crippen molar-refractivity contribution in [2.24, 2.45) is 0 Å². The Labute approximate surface area is 310 Å². The Kier molecular flexibility index (Phi) is 16.5. The first-order chi connectivity index (χ1) is 23.5. The van der Waals surface area contributed by atoms with Crippen molar-refractivity contribution in [2.75, 3.05) is 39.0 Å². The van der Waals surface area contributed by atoms with Gasteiger partial charge in [0, 0.05) is 52.9 Å². The van der Waals surface area contributed by atoms with E-state index in [0.29, 0.717) is 30.1 Å². The van der Waals surface area contributed by atoms with Crippen LogP contribution in [0.5, 0.6) is 0 Å². The van der Waals surface area contributed by atoms with Gasteiger partial charge in [0.15, 0.2) is 0 Å². The fraction of sp³-hybridized carbons (Fsp3) is 0.929. The van der Waals surface area contributed by atoms with E-state index in [-0.39, 0.29) is 22.2 Å². The molecule has 2 aliphatic heterocycles. The fourth-order valence-corrected chi connectivity index (χ4v) is 9.71. The van der Waals surface area contributed by atoms with Crippen LogP contribution in [-0.2, 0) is 0 Å². The topological polar surface area (TPSA) is 63.7 Å². The van der Waals surface area contributed by atoms with E-state index in [9.17, 15) is 0 Å². The lowest BCUT2D eigenvalue weighted by molar-refractivity contribution is -0.0697. The molecule has 0 aliphatic carbocycles. The van der Waals surface area contributed by atoms with Crippen molar-refractivity contribution in [3.63, 3.8) is 0 Å². The highest BCUT2D eigenvalue weighted by atomic mass is 15.3. The number of aromatic nitrogens is 3. The molecule has 50 heavy (non-hydrogen) atoms. The van der Waals surface area contributed by atoms with Crippen molar-refractivity contribution < 1.29 is 0 Å². The van der Waals surface area contributed by atoms with Crippen LogP contribution < -0.4 is 5.32 Å². The van der Waals surface area contributed by atoms with Crippen LogP contribution >= 0.6 is 0 Å². The molecule has 3 rings (SSSR count). The zero-order valence-electron chi connectivity index (χ0n) is 35.3. The van der Waals surface area contributed by atoms with Gasteiger partial charge >= 0.3 is 0 Å². The maximum absolute atomic E-state index is 4.51. The number of rotatable bonds is 21. The second-order valence-corrected chi connectivity index (χ2v) is 18.8. The molecule has 0 amide bonds. The van der Waals surface area contributed by atoms with E-state index < -0.39 is 0 Å². The lowest BCUT2D eigenvalue weighted by atomic mass is 9.75. The number of likely N-dealkylation sites (tertiary alicyclic amines) is 2. The highest BCUT2D eigenvalue weighted by molar-refractivity contribution is 5.21. The van der Waals surface area contributed by atoms with Gasteiger partial charge in [-0.1, -0.05) is 65.7 Å². The Morgan fingerprint density at radius 3 is 1.50 bits per heavy atom. The van der Waals surface area contributed by atoms with Crippen LogP contribution in [0.3, 0.4) is 0 Å². The molecule has 1 N–H and O–H groups in total. The number of unbranched alkanes of at least 4 members (excludes halogenated alkanes) is 6. The molecule has 3 heterocycles. The molecular formula is C42H82N8. The molecule has 8 nitrogen and oxygen atoms in total. The van der Waals surface area contributed by atoms with Gasteiger partial charge in [-0.2, -0.15) is 0 Å². The first kappa shape index (κ1) is 43.1. The summed E-state index contributed by atoms with van der Waals surface area (Å²) >= 11 is 0. The SMILES string of the molecule is CCCCCCCC(CC(CNc1ncncn1)N(CCCC)C1CC(C)(C)N(C)C(C)(C)C1)N(CCCC)C1CC(C)(C)N(C)C(C)(C)C1. The van der Waals surface area contributed by atoms with Crippen LogP contribution in [0.15, 0.2) is 12.7 Å². The Morgan fingerprint density at radius 1 is 0.640 bits per heavy atom. The highest BCUT2D eigenvalue weighted by Gasteiger charge is 2.48. The monoisotopic (exact) mass is 699 g/mol. The van der Waals surface area contributed by atoms with E-state index in [2.05, 4.69) is 130 Å². The molecule has 2 saturated heterocycles. The molecule has 2 unspecified atom stereocenters. The van der Waals surface area contributed by atoms with Crippen LogP contribution in [0.4, 0.5) is 5.95 Å². The van der Waals surface area contributed by atoms with Crippen LogP contribution in [0, 0.1) is 0 Å². The second kappa shape index (κ2) is 19.1. The molecular weight excluding hydrogens is 617 g/mol. The van der Waals surface area contributed by atoms with E-state index >= 15 is 0 Å². The summed E-state index contributed by atoms with van der Waals surface area (Å²) in [5.74, 6) is 0.697. The van der Waals surface area contributed by atoms with E-state index in [1.54, 1.807) is 12.7 Å². The van der Waals surface area contributed by atoms with Crippen LogP contribution in [-0.4, -0.2) is 115 Å². The third-order valence-electron chi connectivity index (χ3n) is 13.2. The minimum Gasteiger partial charge on any atom is -0.353 e. The first-order valence-electron chi connectivity index (χ1n) is 20.8. The maximum Gasteiger partial charge on any atom is 0.225 e. The van der Waals surface area contributed by atoms with E-state index in [0.717, 1.165) is 13.1 Å². The molecule has 0 radical (unpaired) electrons. The van der Waals surface area contributed by atoms with Crippen molar-refractivity contribution in [2.45, 2.75) is 219 Å². The average molecular weight is 699 g/mol. The average Bonchev–Trinajstić information content (AvgIpc) is 3.04. The third kappa shape index (κ3) is 11.8. The number of piperidine rings is 2. The molecule has 0 bridgehead atoms. The smallest absolute Gasteiger partial charge is 0.225 e. The number of hydrogen-bond acceptors (Lipinski definition) is 8. The quantitative estimate of drug-likeness (QED) is 0.128. The predicted octanol–water partition coefficient (Wildman–Crippen LogP) is 9.28. The molecule has 2 atom stereocenters. The summed E-state index contributed by atoms with van der Waals surface area (Å²) in [5, 5.41) is 3.73. The number of anilines is 1. The van der Waals surface area contributed by atoms with Crippen LogP contribution in [0.1, 0.15) is 172 Å². The van der Waals surface area contributed by atoms with E-state index in [1.807, 2.05) is 0 Å². The van der Waals surface area contributed by atoms with Gasteiger partial charge in [-0.3, -0.25) is 19.6 Å². The van der Waals surface area contributed by atoms with Crippen molar-refractivity contribution in [1.29, 1.82) is 0 Å². The minimum absolute atomic E-state index is 0.139. The fourth-order valence-electron chi connectivity index (χ4n) is 9.71. The van der Waals surface area contributed by atoms with Gasteiger partial charge in [0.25, 0.3) is 0 Å². The molecule has 2 fully saturated rings. The molecule has 0 saturated carbocycles. The minimum atomic E-state index is 0.139. The molecule has 0 spiro atoms. The zero-order valence-corrected chi connectivity index (χ0v) is 35.3. The molecule has 8 heteroatoms. The third-order valence-corrected chi connectivity index (χ3v) is 13.2. The number of nitrogens with zero attached hydrogens (tertiary/aromatic N) is 7. The molecule has 0 aromatic carbocycles. The van der Waals surface area contributed by atoms with Gasteiger partial charge in [0.05, 0.1) is 0 Å². The summed E-state index contributed by atoms with van der Waals surface area (Å²) in [4.78, 5) is 24.5. The van der Waals surface area contributed by atoms with Crippen molar-refractivity contribution in [3.05, 3.63) is 12.7 Å². The largest absolute Gasteiger partial charge is 0.353 e. The summed E-state index contributed by atoms with van der Waals surface area (Å²) in [7, 11) is 4.70. The Balaban J connectivity index is 2.07. The first-order valence-corrected chi connectivity index (χ1v) is 20.8. The summed E-state index contributed by atoms with van der Waals surface area (Å²) in [6.07, 6.45) is 22.2. The molecule has 1 aromatic heterocycles. The number of hydrogen-bond donors (Lipinski definition) is 1. The van der Waals surface area contributed by atoms with Crippen LogP contribution in [0.2, 0.25) is 0 Å². The van der Waals surface area contributed by atoms with Crippen molar-refractivity contribution in [1.82, 2.24) is 34.6 Å². The van der Waals surface area contributed by atoms with Crippen molar-refractivity contribution in [3.8, 4) is 0 Å². The summed E-state index contributed by atoms with van der Waals surface area (Å²) in [5.41, 5.74) is 0.613. The summed E-state index contributed by atoms with van der Waals surface area (Å²) < 4.78 is 0. The van der Waals surface area contributed by atoms with Gasteiger partial charge in [0.1, 0.15) is 12.7 Å². The zero-order chi connectivity index (χ0) is 37.2. The second-order valence-electron chi connectivity index (χ2n) is 18.8. The molecule has 1 aromatic rings. The van der Waals surface area contributed by atoms with Gasteiger partial charge in [-0.05, 0) is 134 Å². The Morgan fingerprint density at radius 2 is 1.06 bits per heavy atom. The Hall–Kier alpha value is -1.35. The highest BCUT2D eigenvalue weighted by Crippen LogP contribution is 2.42. The van der Waals surface area contributed by atoms with Gasteiger partial charge in [0.2, 0.25) is 5.95 Å². The van der Waals surface area contributed by atoms with Gasteiger partial charge in [-0.25, -0.2) is 15.0 Å². The lowest BCUT2D eigenvalue weighted by Crippen LogP contribution is -2.65. The van der Waals surface area contributed by atoms with Gasteiger partial charge < -0.3 is 5.32 Å². The normalized spacial score (nSPS) is 22.6.